The van der Waals surface area contributed by atoms with Gasteiger partial charge in [-0.25, -0.2) is 0 Å². The van der Waals surface area contributed by atoms with Crippen LogP contribution < -0.4 is 5.32 Å². The van der Waals surface area contributed by atoms with Crippen LogP contribution in [0.3, 0.4) is 0 Å². The maximum Gasteiger partial charge on any atom is 0.306 e. The Morgan fingerprint density at radius 2 is 2.09 bits per heavy atom. The molecule has 3 atom stereocenters. The lowest BCUT2D eigenvalue weighted by molar-refractivity contribution is -0.158. The van der Waals surface area contributed by atoms with E-state index in [0.29, 0.717) is 11.8 Å². The number of aliphatic hydroxyl groups is 1. The van der Waals surface area contributed by atoms with E-state index in [1.165, 1.54) is 11.1 Å². The Bertz CT molecular complexity index is 698. The highest BCUT2D eigenvalue weighted by Gasteiger charge is 2.59. The molecule has 0 heterocycles. The molecule has 1 aromatic carbocycles. The standard InChI is InChI=1S/C17H18BrNO4/c18-12-3-1-2-9-10(12)4-11-13(9)14(11)15(20)19-7-17(23)5-8(6-17)16(21)22/h1-3,8,11,13-14,23H,4-7H2,(H,19,20)(H,21,22). The number of carbonyl (C=O) groups is 2. The number of amides is 1. The maximum atomic E-state index is 12.4. The first-order valence-corrected chi connectivity index (χ1v) is 8.69. The molecule has 5 nitrogen and oxygen atoms in total. The van der Waals surface area contributed by atoms with Gasteiger partial charge in [-0.15, -0.1) is 0 Å². The molecule has 3 aliphatic rings. The summed E-state index contributed by atoms with van der Waals surface area (Å²) in [5.41, 5.74) is 1.52. The maximum absolute atomic E-state index is 12.4. The van der Waals surface area contributed by atoms with Crippen LogP contribution in [-0.2, 0) is 16.0 Å². The van der Waals surface area contributed by atoms with E-state index in [-0.39, 0.29) is 31.2 Å². The van der Waals surface area contributed by atoms with Crippen molar-refractivity contribution in [1.29, 1.82) is 0 Å². The molecule has 0 saturated heterocycles. The van der Waals surface area contributed by atoms with E-state index in [1.54, 1.807) is 0 Å². The van der Waals surface area contributed by atoms with Gasteiger partial charge in [0, 0.05) is 16.9 Å². The number of fused-ring (bicyclic) bond motifs is 3. The summed E-state index contributed by atoms with van der Waals surface area (Å²) in [6, 6.07) is 6.13. The lowest BCUT2D eigenvalue weighted by Gasteiger charge is -2.41. The molecule has 23 heavy (non-hydrogen) atoms. The molecule has 6 heteroatoms. The van der Waals surface area contributed by atoms with E-state index in [2.05, 4.69) is 27.3 Å². The zero-order chi connectivity index (χ0) is 16.4. The second-order valence-electron chi connectivity index (χ2n) is 7.11. The molecule has 0 bridgehead atoms. The van der Waals surface area contributed by atoms with E-state index >= 15 is 0 Å². The Hall–Kier alpha value is -1.40. The number of hydrogen-bond donors (Lipinski definition) is 3. The summed E-state index contributed by atoms with van der Waals surface area (Å²) in [4.78, 5) is 23.2. The van der Waals surface area contributed by atoms with E-state index in [1.807, 2.05) is 12.1 Å². The number of nitrogens with one attached hydrogen (secondary N) is 1. The lowest BCUT2D eigenvalue weighted by atomic mass is 9.71. The number of carboxylic acids is 1. The number of carboxylic acid groups (broad SMARTS) is 1. The fraction of sp³-hybridized carbons (Fsp3) is 0.529. The van der Waals surface area contributed by atoms with Crippen molar-refractivity contribution in [3.05, 3.63) is 33.8 Å². The Labute approximate surface area is 142 Å². The first-order valence-electron chi connectivity index (χ1n) is 7.90. The summed E-state index contributed by atoms with van der Waals surface area (Å²) in [7, 11) is 0. The van der Waals surface area contributed by atoms with Crippen LogP contribution >= 0.6 is 15.9 Å². The third-order valence-electron chi connectivity index (χ3n) is 5.62. The normalized spacial score (nSPS) is 36.6. The molecule has 0 aromatic heterocycles. The van der Waals surface area contributed by atoms with Gasteiger partial charge in [-0.05, 0) is 48.3 Å². The summed E-state index contributed by atoms with van der Waals surface area (Å²) >= 11 is 3.56. The number of hydrogen-bond acceptors (Lipinski definition) is 3. The van der Waals surface area contributed by atoms with Gasteiger partial charge in [-0.2, -0.15) is 0 Å². The fourth-order valence-corrected chi connectivity index (χ4v) is 4.84. The second-order valence-corrected chi connectivity index (χ2v) is 7.97. The van der Waals surface area contributed by atoms with E-state index in [9.17, 15) is 14.7 Å². The summed E-state index contributed by atoms with van der Waals surface area (Å²) in [5, 5.41) is 21.9. The number of aliphatic carboxylic acids is 1. The zero-order valence-electron chi connectivity index (χ0n) is 12.5. The topological polar surface area (TPSA) is 86.6 Å². The fourth-order valence-electron chi connectivity index (χ4n) is 4.29. The van der Waals surface area contributed by atoms with Crippen LogP contribution in [0, 0.1) is 17.8 Å². The minimum Gasteiger partial charge on any atom is -0.481 e. The highest BCUT2D eigenvalue weighted by molar-refractivity contribution is 9.10. The minimum atomic E-state index is -1.05. The molecule has 3 unspecified atom stereocenters. The molecule has 0 spiro atoms. The highest BCUT2D eigenvalue weighted by atomic mass is 79.9. The van der Waals surface area contributed by atoms with Crippen LogP contribution in [0.5, 0.6) is 0 Å². The van der Waals surface area contributed by atoms with Crippen LogP contribution in [-0.4, -0.2) is 34.2 Å². The van der Waals surface area contributed by atoms with Gasteiger partial charge in [0.1, 0.15) is 0 Å². The van der Waals surface area contributed by atoms with Crippen molar-refractivity contribution in [3.63, 3.8) is 0 Å². The Kier molecular flexibility index (Phi) is 3.32. The summed E-state index contributed by atoms with van der Waals surface area (Å²) < 4.78 is 1.12. The molecular formula is C17H18BrNO4. The number of benzene rings is 1. The van der Waals surface area contributed by atoms with Gasteiger partial charge in [0.25, 0.3) is 0 Å². The third-order valence-corrected chi connectivity index (χ3v) is 6.36. The van der Waals surface area contributed by atoms with E-state index < -0.39 is 17.5 Å². The molecular weight excluding hydrogens is 362 g/mol. The minimum absolute atomic E-state index is 0.00394. The van der Waals surface area contributed by atoms with Crippen molar-refractivity contribution in [1.82, 2.24) is 5.32 Å². The molecule has 2 fully saturated rings. The van der Waals surface area contributed by atoms with E-state index in [0.717, 1.165) is 10.9 Å². The van der Waals surface area contributed by atoms with Gasteiger partial charge >= 0.3 is 5.97 Å². The molecule has 0 radical (unpaired) electrons. The van der Waals surface area contributed by atoms with Gasteiger partial charge in [0.15, 0.2) is 0 Å². The Balaban J connectivity index is 1.34. The van der Waals surface area contributed by atoms with Gasteiger partial charge in [-0.1, -0.05) is 28.1 Å². The number of carbonyl (C=O) groups excluding carboxylic acids is 1. The quantitative estimate of drug-likeness (QED) is 0.742. The predicted molar refractivity (Wildman–Crippen MR) is 85.9 cm³/mol. The van der Waals surface area contributed by atoms with Crippen LogP contribution in [0.4, 0.5) is 0 Å². The number of halogens is 1. The molecule has 0 aliphatic heterocycles. The summed E-state index contributed by atoms with van der Waals surface area (Å²) in [6.45, 7) is 0.150. The van der Waals surface area contributed by atoms with Gasteiger partial charge < -0.3 is 15.5 Å². The molecule has 3 aliphatic carbocycles. The van der Waals surface area contributed by atoms with Gasteiger partial charge in [-0.3, -0.25) is 9.59 Å². The molecule has 122 valence electrons. The third kappa shape index (κ3) is 2.39. The van der Waals surface area contributed by atoms with Crippen molar-refractivity contribution in [3.8, 4) is 0 Å². The molecule has 3 N–H and O–H groups in total. The molecule has 2 saturated carbocycles. The largest absolute Gasteiger partial charge is 0.481 e. The van der Waals surface area contributed by atoms with Crippen LogP contribution in [0.15, 0.2) is 22.7 Å². The lowest BCUT2D eigenvalue weighted by Crippen LogP contribution is -2.54. The van der Waals surface area contributed by atoms with Crippen molar-refractivity contribution in [2.45, 2.75) is 30.8 Å². The smallest absolute Gasteiger partial charge is 0.306 e. The van der Waals surface area contributed by atoms with Crippen molar-refractivity contribution < 1.29 is 19.8 Å². The average Bonchev–Trinajstić information content (AvgIpc) is 3.05. The Morgan fingerprint density at radius 1 is 1.35 bits per heavy atom. The van der Waals surface area contributed by atoms with Gasteiger partial charge in [0.05, 0.1) is 11.5 Å². The number of rotatable bonds is 4. The first-order chi connectivity index (χ1) is 10.9. The highest BCUT2D eigenvalue weighted by Crippen LogP contribution is 2.62. The first kappa shape index (κ1) is 15.1. The monoisotopic (exact) mass is 379 g/mol. The van der Waals surface area contributed by atoms with Crippen molar-refractivity contribution in [2.75, 3.05) is 6.54 Å². The molecule has 4 rings (SSSR count). The van der Waals surface area contributed by atoms with Crippen LogP contribution in [0.1, 0.15) is 29.9 Å². The van der Waals surface area contributed by atoms with Gasteiger partial charge in [0.2, 0.25) is 5.91 Å². The summed E-state index contributed by atoms with van der Waals surface area (Å²) in [5.74, 6) is -0.716. The Morgan fingerprint density at radius 3 is 2.78 bits per heavy atom. The van der Waals surface area contributed by atoms with E-state index in [4.69, 9.17) is 5.11 Å². The van der Waals surface area contributed by atoms with Crippen molar-refractivity contribution in [2.24, 2.45) is 17.8 Å². The second kappa shape index (κ2) is 5.05. The average molecular weight is 380 g/mol. The SMILES string of the molecule is O=C(O)C1CC(O)(CNC(=O)C2C3Cc4c(Br)cccc4C32)C1. The summed E-state index contributed by atoms with van der Waals surface area (Å²) in [6.07, 6.45) is 1.36. The molecule has 1 amide bonds. The van der Waals surface area contributed by atoms with Crippen LogP contribution in [0.25, 0.3) is 0 Å². The molecule has 1 aromatic rings. The van der Waals surface area contributed by atoms with Crippen molar-refractivity contribution >= 4 is 27.8 Å². The zero-order valence-corrected chi connectivity index (χ0v) is 14.0. The van der Waals surface area contributed by atoms with Crippen LogP contribution in [0.2, 0.25) is 0 Å². The predicted octanol–water partition coefficient (Wildman–Crippen LogP) is 1.68.